The molecule has 0 fully saturated rings. The van der Waals surface area contributed by atoms with Gasteiger partial charge in [-0.05, 0) is 18.2 Å². The minimum atomic E-state index is -0.741. The topological polar surface area (TPSA) is 65.3 Å². The van der Waals surface area contributed by atoms with Gasteiger partial charge in [-0.15, -0.1) is 0 Å². The summed E-state index contributed by atoms with van der Waals surface area (Å²) in [5, 5.41) is 10.5. The van der Waals surface area contributed by atoms with Crippen molar-refractivity contribution in [2.75, 3.05) is 6.61 Å². The molecule has 0 aliphatic carbocycles. The Hall–Kier alpha value is -2.50. The number of nitro benzene ring substituents is 1. The van der Waals surface area contributed by atoms with Crippen LogP contribution in [0.15, 0.2) is 42.6 Å². The van der Waals surface area contributed by atoms with Crippen LogP contribution in [0, 0.1) is 15.9 Å². The summed E-state index contributed by atoms with van der Waals surface area (Å²) in [4.78, 5) is 13.9. The maximum atomic E-state index is 13.5. The van der Waals surface area contributed by atoms with E-state index in [1.54, 1.807) is 12.3 Å². The van der Waals surface area contributed by atoms with E-state index in [-0.39, 0.29) is 18.0 Å². The molecule has 5 nitrogen and oxygen atoms in total. The van der Waals surface area contributed by atoms with Crippen molar-refractivity contribution in [3.8, 4) is 5.75 Å². The summed E-state index contributed by atoms with van der Waals surface area (Å²) in [6.45, 7) is 0.256. The molecule has 1 heterocycles. The van der Waals surface area contributed by atoms with Crippen LogP contribution in [0.3, 0.4) is 0 Å². The summed E-state index contributed by atoms with van der Waals surface area (Å²) in [6, 6.07) is 8.81. The van der Waals surface area contributed by atoms with Crippen molar-refractivity contribution in [3.05, 3.63) is 64.2 Å². The first kappa shape index (κ1) is 12.9. The number of ether oxygens (including phenoxy) is 1. The van der Waals surface area contributed by atoms with E-state index in [9.17, 15) is 14.5 Å². The van der Waals surface area contributed by atoms with Gasteiger partial charge in [-0.2, -0.15) is 0 Å². The number of hydrogen-bond acceptors (Lipinski definition) is 4. The molecule has 0 aliphatic rings. The van der Waals surface area contributed by atoms with Gasteiger partial charge in [0.25, 0.3) is 5.69 Å². The van der Waals surface area contributed by atoms with Crippen molar-refractivity contribution < 1.29 is 14.1 Å². The highest BCUT2D eigenvalue weighted by molar-refractivity contribution is 5.37. The van der Waals surface area contributed by atoms with Crippen LogP contribution in [0.25, 0.3) is 0 Å². The Balaban J connectivity index is 1.95. The van der Waals surface area contributed by atoms with Crippen LogP contribution in [0.5, 0.6) is 5.75 Å². The standard InChI is InChI=1S/C13H11FN2O3/c14-12-9-11(16(17)18)4-5-13(12)19-8-6-10-3-1-2-7-15-10/h1-5,7,9H,6,8H2. The Bertz CT molecular complexity index is 575. The lowest BCUT2D eigenvalue weighted by molar-refractivity contribution is -0.385. The third-order valence-electron chi connectivity index (χ3n) is 2.47. The average Bonchev–Trinajstić information content (AvgIpc) is 2.41. The lowest BCUT2D eigenvalue weighted by Crippen LogP contribution is -2.04. The molecule has 2 aromatic rings. The Kier molecular flexibility index (Phi) is 4.02. The molecular formula is C13H11FN2O3. The van der Waals surface area contributed by atoms with Gasteiger partial charge in [-0.1, -0.05) is 6.07 Å². The first-order valence-electron chi connectivity index (χ1n) is 5.63. The number of nitrogens with zero attached hydrogens (tertiary/aromatic N) is 2. The summed E-state index contributed by atoms with van der Waals surface area (Å²) >= 11 is 0. The lowest BCUT2D eigenvalue weighted by Gasteiger charge is -2.06. The zero-order valence-corrected chi connectivity index (χ0v) is 9.95. The van der Waals surface area contributed by atoms with Crippen LogP contribution in [0.1, 0.15) is 5.69 Å². The largest absolute Gasteiger partial charge is 0.490 e. The van der Waals surface area contributed by atoms with Gasteiger partial charge in [-0.25, -0.2) is 4.39 Å². The van der Waals surface area contributed by atoms with Crippen LogP contribution in [-0.2, 0) is 6.42 Å². The van der Waals surface area contributed by atoms with Crippen LogP contribution in [-0.4, -0.2) is 16.5 Å². The summed E-state index contributed by atoms with van der Waals surface area (Å²) in [5.74, 6) is -0.739. The lowest BCUT2D eigenvalue weighted by atomic mass is 10.3. The van der Waals surface area contributed by atoms with E-state index in [1.165, 1.54) is 12.1 Å². The van der Waals surface area contributed by atoms with Crippen LogP contribution in [0.4, 0.5) is 10.1 Å². The van der Waals surface area contributed by atoms with Crippen molar-refractivity contribution in [2.24, 2.45) is 0 Å². The first-order valence-corrected chi connectivity index (χ1v) is 5.63. The molecule has 0 unspecified atom stereocenters. The fourth-order valence-electron chi connectivity index (χ4n) is 1.53. The van der Waals surface area contributed by atoms with E-state index >= 15 is 0 Å². The molecule has 0 bridgehead atoms. The Morgan fingerprint density at radius 3 is 2.79 bits per heavy atom. The number of non-ortho nitro benzene ring substituents is 1. The minimum absolute atomic E-state index is 0.00142. The van der Waals surface area contributed by atoms with E-state index in [0.717, 1.165) is 11.8 Å². The zero-order valence-electron chi connectivity index (χ0n) is 9.95. The Labute approximate surface area is 108 Å². The highest BCUT2D eigenvalue weighted by atomic mass is 19.1. The van der Waals surface area contributed by atoms with E-state index in [4.69, 9.17) is 4.74 Å². The SMILES string of the molecule is O=[N+]([O-])c1ccc(OCCc2ccccn2)c(F)c1. The molecule has 19 heavy (non-hydrogen) atoms. The van der Waals surface area contributed by atoms with Gasteiger partial charge < -0.3 is 4.74 Å². The number of aromatic nitrogens is 1. The molecule has 1 aromatic carbocycles. The number of hydrogen-bond donors (Lipinski definition) is 0. The average molecular weight is 262 g/mol. The molecule has 1 aromatic heterocycles. The quantitative estimate of drug-likeness (QED) is 0.614. The van der Waals surface area contributed by atoms with Gasteiger partial charge in [0, 0.05) is 24.4 Å². The molecule has 0 aliphatic heterocycles. The molecule has 98 valence electrons. The van der Waals surface area contributed by atoms with Gasteiger partial charge in [-0.3, -0.25) is 15.1 Å². The van der Waals surface area contributed by atoms with Gasteiger partial charge in [0.15, 0.2) is 11.6 Å². The van der Waals surface area contributed by atoms with Gasteiger partial charge in [0.2, 0.25) is 0 Å². The number of nitro groups is 1. The molecule has 6 heteroatoms. The van der Waals surface area contributed by atoms with Crippen LogP contribution >= 0.6 is 0 Å². The molecule has 0 spiro atoms. The predicted octanol–water partition coefficient (Wildman–Crippen LogP) is 2.75. The maximum Gasteiger partial charge on any atom is 0.272 e. The van der Waals surface area contributed by atoms with Gasteiger partial charge >= 0.3 is 0 Å². The van der Waals surface area contributed by atoms with Crippen molar-refractivity contribution in [3.63, 3.8) is 0 Å². The molecule has 2 rings (SSSR count). The normalized spacial score (nSPS) is 10.2. The third-order valence-corrected chi connectivity index (χ3v) is 2.47. The van der Waals surface area contributed by atoms with E-state index in [0.29, 0.717) is 6.42 Å². The number of halogens is 1. The molecule has 0 saturated carbocycles. The van der Waals surface area contributed by atoms with Crippen molar-refractivity contribution >= 4 is 5.69 Å². The predicted molar refractivity (Wildman–Crippen MR) is 66.5 cm³/mol. The first-order chi connectivity index (χ1) is 9.16. The monoisotopic (exact) mass is 262 g/mol. The molecule has 0 amide bonds. The van der Waals surface area contributed by atoms with Gasteiger partial charge in [0.1, 0.15) is 0 Å². The highest BCUT2D eigenvalue weighted by Crippen LogP contribution is 2.22. The maximum absolute atomic E-state index is 13.5. The van der Waals surface area contributed by atoms with Crippen LogP contribution < -0.4 is 4.74 Å². The second kappa shape index (κ2) is 5.90. The molecule has 0 N–H and O–H groups in total. The fourth-order valence-corrected chi connectivity index (χ4v) is 1.53. The van der Waals surface area contributed by atoms with E-state index < -0.39 is 10.7 Å². The molecular weight excluding hydrogens is 251 g/mol. The number of rotatable bonds is 5. The van der Waals surface area contributed by atoms with Crippen LogP contribution in [0.2, 0.25) is 0 Å². The fraction of sp³-hybridized carbons (Fsp3) is 0.154. The second-order valence-corrected chi connectivity index (χ2v) is 3.79. The van der Waals surface area contributed by atoms with Crippen molar-refractivity contribution in [2.45, 2.75) is 6.42 Å². The molecule has 0 atom stereocenters. The molecule has 0 saturated heterocycles. The summed E-state index contributed by atoms with van der Waals surface area (Å²) in [7, 11) is 0. The summed E-state index contributed by atoms with van der Waals surface area (Å²) in [6.07, 6.45) is 2.21. The Morgan fingerprint density at radius 1 is 1.32 bits per heavy atom. The second-order valence-electron chi connectivity index (χ2n) is 3.79. The van der Waals surface area contributed by atoms with E-state index in [2.05, 4.69) is 4.98 Å². The smallest absolute Gasteiger partial charge is 0.272 e. The van der Waals surface area contributed by atoms with E-state index in [1.807, 2.05) is 12.1 Å². The molecule has 0 radical (unpaired) electrons. The Morgan fingerprint density at radius 2 is 2.16 bits per heavy atom. The highest BCUT2D eigenvalue weighted by Gasteiger charge is 2.11. The van der Waals surface area contributed by atoms with Crippen molar-refractivity contribution in [1.29, 1.82) is 0 Å². The number of pyridine rings is 1. The third kappa shape index (κ3) is 3.48. The summed E-state index contributed by atoms with van der Waals surface area (Å²) in [5.41, 5.74) is 0.541. The van der Waals surface area contributed by atoms with Gasteiger partial charge in [0.05, 0.1) is 17.6 Å². The number of benzene rings is 1. The minimum Gasteiger partial charge on any atom is -0.490 e. The summed E-state index contributed by atoms with van der Waals surface area (Å²) < 4.78 is 18.7. The van der Waals surface area contributed by atoms with Crippen molar-refractivity contribution in [1.82, 2.24) is 4.98 Å². The zero-order chi connectivity index (χ0) is 13.7.